The summed E-state index contributed by atoms with van der Waals surface area (Å²) < 4.78 is 16.9. The molecule has 1 amide bonds. The molecule has 186 valence electrons. The summed E-state index contributed by atoms with van der Waals surface area (Å²) in [5.41, 5.74) is 1.15. The lowest BCUT2D eigenvalue weighted by molar-refractivity contribution is -0.136. The SMILES string of the molecule is C=CCN(CC(=O)N1CCc2sccc2[C@H]1COc1cccc(OC)c1)C[C@H](O)COC(C)C. The number of amides is 1. The van der Waals surface area contributed by atoms with Crippen molar-refractivity contribution in [1.29, 1.82) is 0 Å². The van der Waals surface area contributed by atoms with Crippen LogP contribution >= 0.6 is 11.3 Å². The molecule has 1 aromatic heterocycles. The number of benzene rings is 1. The average molecular weight is 489 g/mol. The maximum atomic E-state index is 13.4. The van der Waals surface area contributed by atoms with Gasteiger partial charge in [-0.3, -0.25) is 9.69 Å². The zero-order valence-corrected chi connectivity index (χ0v) is 21.1. The van der Waals surface area contributed by atoms with Crippen molar-refractivity contribution < 1.29 is 24.1 Å². The highest BCUT2D eigenvalue weighted by Gasteiger charge is 2.33. The molecule has 7 nitrogen and oxygen atoms in total. The van der Waals surface area contributed by atoms with Crippen LogP contribution in [0.5, 0.6) is 11.5 Å². The molecule has 1 N–H and O–H groups in total. The van der Waals surface area contributed by atoms with E-state index in [0.29, 0.717) is 32.0 Å². The monoisotopic (exact) mass is 488 g/mol. The number of aliphatic hydroxyl groups is 1. The molecule has 1 aliphatic heterocycles. The Morgan fingerprint density at radius 2 is 2.15 bits per heavy atom. The van der Waals surface area contributed by atoms with Crippen LogP contribution in [0.25, 0.3) is 0 Å². The van der Waals surface area contributed by atoms with Crippen molar-refractivity contribution >= 4 is 17.2 Å². The van der Waals surface area contributed by atoms with E-state index >= 15 is 0 Å². The normalized spacial score (nSPS) is 16.4. The second kappa shape index (κ2) is 12.9. The van der Waals surface area contributed by atoms with Crippen molar-refractivity contribution in [2.75, 3.05) is 46.5 Å². The van der Waals surface area contributed by atoms with Gasteiger partial charge in [-0.05, 0) is 49.4 Å². The lowest BCUT2D eigenvalue weighted by Crippen LogP contribution is -2.48. The number of aliphatic hydroxyl groups excluding tert-OH is 1. The van der Waals surface area contributed by atoms with Gasteiger partial charge in [0.15, 0.2) is 0 Å². The van der Waals surface area contributed by atoms with Gasteiger partial charge in [0.2, 0.25) is 5.91 Å². The highest BCUT2D eigenvalue weighted by atomic mass is 32.1. The van der Waals surface area contributed by atoms with Gasteiger partial charge in [-0.2, -0.15) is 0 Å². The molecule has 1 aromatic carbocycles. The molecular formula is C26H36N2O5S. The van der Waals surface area contributed by atoms with Gasteiger partial charge < -0.3 is 24.2 Å². The minimum atomic E-state index is -0.674. The van der Waals surface area contributed by atoms with E-state index in [2.05, 4.69) is 18.0 Å². The molecule has 2 atom stereocenters. The van der Waals surface area contributed by atoms with Crippen molar-refractivity contribution in [1.82, 2.24) is 9.80 Å². The van der Waals surface area contributed by atoms with E-state index in [1.54, 1.807) is 24.5 Å². The quantitative estimate of drug-likeness (QED) is 0.435. The maximum absolute atomic E-state index is 13.4. The molecule has 0 radical (unpaired) electrons. The van der Waals surface area contributed by atoms with Gasteiger partial charge >= 0.3 is 0 Å². The molecule has 3 rings (SSSR count). The number of ether oxygens (including phenoxy) is 3. The number of thiophene rings is 1. The van der Waals surface area contributed by atoms with Crippen molar-refractivity contribution in [3.8, 4) is 11.5 Å². The summed E-state index contributed by atoms with van der Waals surface area (Å²) in [5.74, 6) is 1.44. The molecule has 0 spiro atoms. The molecule has 2 heterocycles. The first-order valence-electron chi connectivity index (χ1n) is 11.7. The van der Waals surface area contributed by atoms with Gasteiger partial charge in [0, 0.05) is 30.6 Å². The Kier molecular flexibility index (Phi) is 9.95. The van der Waals surface area contributed by atoms with E-state index in [-0.39, 0.29) is 31.2 Å². The zero-order valence-electron chi connectivity index (χ0n) is 20.3. The fourth-order valence-electron chi connectivity index (χ4n) is 4.06. The molecule has 34 heavy (non-hydrogen) atoms. The van der Waals surface area contributed by atoms with Crippen LogP contribution in [0.2, 0.25) is 0 Å². The fourth-order valence-corrected chi connectivity index (χ4v) is 4.99. The number of methoxy groups -OCH3 is 1. The van der Waals surface area contributed by atoms with Gasteiger partial charge in [0.1, 0.15) is 18.1 Å². The van der Waals surface area contributed by atoms with Crippen LogP contribution in [0.3, 0.4) is 0 Å². The summed E-state index contributed by atoms with van der Waals surface area (Å²) in [7, 11) is 1.62. The van der Waals surface area contributed by atoms with Gasteiger partial charge in [-0.15, -0.1) is 17.9 Å². The van der Waals surface area contributed by atoms with E-state index < -0.39 is 6.10 Å². The van der Waals surface area contributed by atoms with E-state index in [1.807, 2.05) is 47.9 Å². The number of carbonyl (C=O) groups excluding carboxylic acids is 1. The van der Waals surface area contributed by atoms with Gasteiger partial charge in [-0.25, -0.2) is 0 Å². The van der Waals surface area contributed by atoms with Gasteiger partial charge in [0.25, 0.3) is 0 Å². The Morgan fingerprint density at radius 3 is 2.88 bits per heavy atom. The highest BCUT2D eigenvalue weighted by molar-refractivity contribution is 7.10. The molecule has 0 saturated heterocycles. The number of fused-ring (bicyclic) bond motifs is 1. The van der Waals surface area contributed by atoms with Crippen LogP contribution in [-0.4, -0.2) is 79.5 Å². The predicted molar refractivity (Wildman–Crippen MR) is 135 cm³/mol. The first-order chi connectivity index (χ1) is 16.4. The lowest BCUT2D eigenvalue weighted by atomic mass is 10.0. The third-order valence-corrected chi connectivity index (χ3v) is 6.70. The number of hydrogen-bond acceptors (Lipinski definition) is 7. The second-order valence-corrected chi connectivity index (χ2v) is 9.66. The Morgan fingerprint density at radius 1 is 1.35 bits per heavy atom. The summed E-state index contributed by atoms with van der Waals surface area (Å²) >= 11 is 1.72. The molecule has 0 fully saturated rings. The maximum Gasteiger partial charge on any atom is 0.237 e. The van der Waals surface area contributed by atoms with Crippen molar-refractivity contribution in [3.05, 3.63) is 58.8 Å². The van der Waals surface area contributed by atoms with Gasteiger partial charge in [-0.1, -0.05) is 12.1 Å². The van der Waals surface area contributed by atoms with Crippen LogP contribution in [0.15, 0.2) is 48.4 Å². The van der Waals surface area contributed by atoms with Crippen LogP contribution < -0.4 is 9.47 Å². The van der Waals surface area contributed by atoms with Gasteiger partial charge in [0.05, 0.1) is 38.5 Å². The molecule has 0 saturated carbocycles. The van der Waals surface area contributed by atoms with E-state index in [4.69, 9.17) is 14.2 Å². The number of nitrogens with zero attached hydrogens (tertiary/aromatic N) is 2. The summed E-state index contributed by atoms with van der Waals surface area (Å²) in [4.78, 5) is 18.6. The van der Waals surface area contributed by atoms with Crippen molar-refractivity contribution in [3.63, 3.8) is 0 Å². The van der Waals surface area contributed by atoms with Crippen LogP contribution in [0.4, 0.5) is 0 Å². The van der Waals surface area contributed by atoms with Crippen molar-refractivity contribution in [2.45, 2.75) is 38.5 Å². The first kappa shape index (κ1) is 26.2. The largest absolute Gasteiger partial charge is 0.497 e. The first-order valence-corrected chi connectivity index (χ1v) is 12.5. The Bertz CT molecular complexity index is 931. The summed E-state index contributed by atoms with van der Waals surface area (Å²) in [6, 6.07) is 9.40. The van der Waals surface area contributed by atoms with Crippen LogP contribution in [0, 0.1) is 0 Å². The zero-order chi connectivity index (χ0) is 24.5. The second-order valence-electron chi connectivity index (χ2n) is 8.66. The highest BCUT2D eigenvalue weighted by Crippen LogP contribution is 2.34. The molecule has 0 bridgehead atoms. The predicted octanol–water partition coefficient (Wildman–Crippen LogP) is 3.54. The minimum absolute atomic E-state index is 0.00919. The standard InChI is InChI=1S/C26H36N2O5S/c1-5-11-27(15-20(29)17-32-19(2)3)16-26(30)28-12-9-25-23(10-13-34-25)24(28)18-33-22-8-6-7-21(14-22)31-4/h5-8,10,13-14,19-20,24,29H,1,9,11-12,15-18H2,2-4H3/t20-,24+/m0/s1. The third kappa shape index (κ3) is 7.30. The van der Waals surface area contributed by atoms with E-state index in [0.717, 1.165) is 17.7 Å². The van der Waals surface area contributed by atoms with Crippen LogP contribution in [0.1, 0.15) is 30.3 Å². The van der Waals surface area contributed by atoms with E-state index in [1.165, 1.54) is 4.88 Å². The Labute approximate surface area is 206 Å². The molecule has 8 heteroatoms. The summed E-state index contributed by atoms with van der Waals surface area (Å²) in [6.45, 7) is 9.94. The molecule has 2 aromatic rings. The Hall–Kier alpha value is -2.39. The van der Waals surface area contributed by atoms with Crippen LogP contribution in [-0.2, 0) is 16.0 Å². The Balaban J connectivity index is 1.69. The topological polar surface area (TPSA) is 71.5 Å². The number of rotatable bonds is 13. The number of hydrogen-bond donors (Lipinski definition) is 1. The third-order valence-electron chi connectivity index (χ3n) is 5.70. The van der Waals surface area contributed by atoms with E-state index in [9.17, 15) is 9.90 Å². The lowest BCUT2D eigenvalue weighted by Gasteiger charge is -2.37. The smallest absolute Gasteiger partial charge is 0.237 e. The molecular weight excluding hydrogens is 452 g/mol. The number of carbonyl (C=O) groups is 1. The average Bonchev–Trinajstić information content (AvgIpc) is 3.30. The minimum Gasteiger partial charge on any atom is -0.497 e. The van der Waals surface area contributed by atoms with Crippen molar-refractivity contribution in [2.24, 2.45) is 0 Å². The summed E-state index contributed by atoms with van der Waals surface area (Å²) in [5, 5.41) is 12.4. The molecule has 0 aliphatic carbocycles. The summed E-state index contributed by atoms with van der Waals surface area (Å²) in [6.07, 6.45) is 1.95. The molecule has 0 unspecified atom stereocenters. The fraction of sp³-hybridized carbons (Fsp3) is 0.500. The molecule has 1 aliphatic rings.